The SMILES string of the molecule is CC(C)(C)OC(=O)N[C@H](C(=O)O)c1ccc(O)c(Br)c1. The highest BCUT2D eigenvalue weighted by Gasteiger charge is 2.25. The molecular weight excluding hydrogens is 330 g/mol. The first-order valence-electron chi connectivity index (χ1n) is 5.81. The minimum atomic E-state index is -1.26. The van der Waals surface area contributed by atoms with Crippen LogP contribution >= 0.6 is 15.9 Å². The van der Waals surface area contributed by atoms with Crippen molar-refractivity contribution in [2.45, 2.75) is 32.4 Å². The number of aromatic hydroxyl groups is 1. The summed E-state index contributed by atoms with van der Waals surface area (Å²) in [4.78, 5) is 22.9. The molecule has 0 heterocycles. The van der Waals surface area contributed by atoms with Gasteiger partial charge in [0.25, 0.3) is 0 Å². The molecule has 3 N–H and O–H groups in total. The number of carbonyl (C=O) groups excluding carboxylic acids is 1. The van der Waals surface area contributed by atoms with E-state index < -0.39 is 23.7 Å². The predicted molar refractivity (Wildman–Crippen MR) is 75.6 cm³/mol. The molecule has 1 aromatic rings. The summed E-state index contributed by atoms with van der Waals surface area (Å²) in [5.41, 5.74) is -0.407. The number of nitrogens with one attached hydrogen (secondary N) is 1. The molecular formula is C13H16BrNO5. The molecule has 0 aliphatic heterocycles. The first-order chi connectivity index (χ1) is 9.10. The zero-order valence-electron chi connectivity index (χ0n) is 11.3. The van der Waals surface area contributed by atoms with Gasteiger partial charge < -0.3 is 20.3 Å². The average molecular weight is 346 g/mol. The Morgan fingerprint density at radius 3 is 2.40 bits per heavy atom. The fourth-order valence-corrected chi connectivity index (χ4v) is 1.81. The maximum absolute atomic E-state index is 11.6. The van der Waals surface area contributed by atoms with Crippen molar-refractivity contribution in [2.24, 2.45) is 0 Å². The predicted octanol–water partition coefficient (Wildman–Crippen LogP) is 2.81. The Hall–Kier alpha value is -1.76. The zero-order valence-corrected chi connectivity index (χ0v) is 12.9. The number of carbonyl (C=O) groups is 2. The Morgan fingerprint density at radius 2 is 1.95 bits per heavy atom. The summed E-state index contributed by atoms with van der Waals surface area (Å²) in [5.74, 6) is -1.25. The second-order valence-corrected chi connectivity index (χ2v) is 5.98. The summed E-state index contributed by atoms with van der Waals surface area (Å²) in [5, 5.41) is 20.9. The lowest BCUT2D eigenvalue weighted by Gasteiger charge is -2.22. The van der Waals surface area contributed by atoms with Crippen LogP contribution in [0.4, 0.5) is 4.79 Å². The van der Waals surface area contributed by atoms with Crippen LogP contribution in [0.2, 0.25) is 0 Å². The molecule has 0 saturated carbocycles. The van der Waals surface area contributed by atoms with Crippen LogP contribution in [0, 0.1) is 0 Å². The van der Waals surface area contributed by atoms with E-state index in [9.17, 15) is 19.8 Å². The van der Waals surface area contributed by atoms with E-state index in [1.165, 1.54) is 18.2 Å². The molecule has 0 fully saturated rings. The summed E-state index contributed by atoms with van der Waals surface area (Å²) < 4.78 is 5.36. The molecule has 7 heteroatoms. The molecule has 1 aromatic carbocycles. The van der Waals surface area contributed by atoms with E-state index in [1.807, 2.05) is 0 Å². The molecule has 1 rings (SSSR count). The minimum Gasteiger partial charge on any atom is -0.507 e. The van der Waals surface area contributed by atoms with Crippen molar-refractivity contribution in [3.05, 3.63) is 28.2 Å². The van der Waals surface area contributed by atoms with Crippen LogP contribution in [0.3, 0.4) is 0 Å². The van der Waals surface area contributed by atoms with Crippen LogP contribution in [0.1, 0.15) is 32.4 Å². The van der Waals surface area contributed by atoms with Crippen LogP contribution in [-0.4, -0.2) is 27.9 Å². The number of benzene rings is 1. The number of halogens is 1. The van der Waals surface area contributed by atoms with Gasteiger partial charge in [-0.1, -0.05) is 6.07 Å². The molecule has 20 heavy (non-hydrogen) atoms. The van der Waals surface area contributed by atoms with Crippen LogP contribution in [-0.2, 0) is 9.53 Å². The molecule has 0 saturated heterocycles. The molecule has 0 unspecified atom stereocenters. The van der Waals surface area contributed by atoms with Crippen molar-refractivity contribution in [1.82, 2.24) is 5.32 Å². The molecule has 1 amide bonds. The molecule has 0 radical (unpaired) electrons. The zero-order chi connectivity index (χ0) is 15.5. The monoisotopic (exact) mass is 345 g/mol. The van der Waals surface area contributed by atoms with Gasteiger partial charge in [0.1, 0.15) is 11.4 Å². The van der Waals surface area contributed by atoms with Gasteiger partial charge in [-0.15, -0.1) is 0 Å². The third-order valence-corrected chi connectivity index (χ3v) is 2.85. The molecule has 0 aliphatic carbocycles. The lowest BCUT2D eigenvalue weighted by Crippen LogP contribution is -2.38. The van der Waals surface area contributed by atoms with Crippen molar-refractivity contribution in [3.8, 4) is 5.75 Å². The van der Waals surface area contributed by atoms with E-state index in [2.05, 4.69) is 21.2 Å². The summed E-state index contributed by atoms with van der Waals surface area (Å²) in [6.45, 7) is 5.04. The lowest BCUT2D eigenvalue weighted by molar-refractivity contribution is -0.139. The molecule has 6 nitrogen and oxygen atoms in total. The van der Waals surface area contributed by atoms with Gasteiger partial charge in [0.15, 0.2) is 6.04 Å². The van der Waals surface area contributed by atoms with Crippen molar-refractivity contribution >= 4 is 28.0 Å². The second-order valence-electron chi connectivity index (χ2n) is 5.13. The Labute approximate surface area is 124 Å². The van der Waals surface area contributed by atoms with Gasteiger partial charge in [0.05, 0.1) is 4.47 Å². The number of aliphatic carboxylic acids is 1. The molecule has 0 spiro atoms. The Balaban J connectivity index is 2.92. The van der Waals surface area contributed by atoms with Gasteiger partial charge in [0, 0.05) is 0 Å². The number of amides is 1. The van der Waals surface area contributed by atoms with E-state index in [4.69, 9.17) is 4.74 Å². The van der Waals surface area contributed by atoms with Crippen LogP contribution in [0.15, 0.2) is 22.7 Å². The smallest absolute Gasteiger partial charge is 0.408 e. The number of ether oxygens (including phenoxy) is 1. The standard InChI is InChI=1S/C13H16BrNO5/c1-13(2,3)20-12(19)15-10(11(17)18)7-4-5-9(16)8(14)6-7/h4-6,10,16H,1-3H3,(H,15,19)(H,17,18)/t10-/m0/s1. The number of rotatable bonds is 3. The largest absolute Gasteiger partial charge is 0.507 e. The number of carboxylic acid groups (broad SMARTS) is 1. The number of hydrogen-bond acceptors (Lipinski definition) is 4. The summed E-state index contributed by atoms with van der Waals surface area (Å²) in [6.07, 6.45) is -0.825. The third-order valence-electron chi connectivity index (χ3n) is 2.21. The van der Waals surface area contributed by atoms with Gasteiger partial charge >= 0.3 is 12.1 Å². The van der Waals surface area contributed by atoms with Crippen molar-refractivity contribution < 1.29 is 24.5 Å². The van der Waals surface area contributed by atoms with E-state index >= 15 is 0 Å². The first-order valence-corrected chi connectivity index (χ1v) is 6.60. The average Bonchev–Trinajstić information content (AvgIpc) is 2.27. The number of phenolic OH excluding ortho intramolecular Hbond substituents is 1. The number of carboxylic acids is 1. The molecule has 110 valence electrons. The van der Waals surface area contributed by atoms with Crippen molar-refractivity contribution in [2.75, 3.05) is 0 Å². The van der Waals surface area contributed by atoms with E-state index in [0.717, 1.165) is 0 Å². The van der Waals surface area contributed by atoms with Crippen LogP contribution in [0.5, 0.6) is 5.75 Å². The third kappa shape index (κ3) is 4.73. The van der Waals surface area contributed by atoms with E-state index in [-0.39, 0.29) is 5.75 Å². The molecule has 1 atom stereocenters. The molecule has 0 bridgehead atoms. The minimum absolute atomic E-state index is 0.0184. The van der Waals surface area contributed by atoms with Gasteiger partial charge in [-0.2, -0.15) is 0 Å². The van der Waals surface area contributed by atoms with Crippen molar-refractivity contribution in [1.29, 1.82) is 0 Å². The van der Waals surface area contributed by atoms with Crippen LogP contribution < -0.4 is 5.32 Å². The Morgan fingerprint density at radius 1 is 1.35 bits per heavy atom. The highest BCUT2D eigenvalue weighted by molar-refractivity contribution is 9.10. The fourth-order valence-electron chi connectivity index (χ4n) is 1.42. The number of hydrogen-bond donors (Lipinski definition) is 3. The van der Waals surface area contributed by atoms with E-state index in [0.29, 0.717) is 10.0 Å². The highest BCUT2D eigenvalue weighted by atomic mass is 79.9. The maximum atomic E-state index is 11.6. The Bertz CT molecular complexity index is 524. The maximum Gasteiger partial charge on any atom is 0.408 e. The van der Waals surface area contributed by atoms with Gasteiger partial charge in [-0.25, -0.2) is 9.59 Å². The number of alkyl carbamates (subject to hydrolysis) is 1. The quantitative estimate of drug-likeness (QED) is 0.782. The fraction of sp³-hybridized carbons (Fsp3) is 0.385. The van der Waals surface area contributed by atoms with E-state index in [1.54, 1.807) is 20.8 Å². The molecule has 0 aliphatic rings. The second kappa shape index (κ2) is 6.13. The Kier molecular flexibility index (Phi) is 4.99. The van der Waals surface area contributed by atoms with Gasteiger partial charge in [0.2, 0.25) is 0 Å². The summed E-state index contributed by atoms with van der Waals surface area (Å²) in [7, 11) is 0. The number of phenols is 1. The highest BCUT2D eigenvalue weighted by Crippen LogP contribution is 2.27. The topological polar surface area (TPSA) is 95.9 Å². The summed E-state index contributed by atoms with van der Waals surface area (Å²) in [6, 6.07) is 2.91. The molecule has 0 aromatic heterocycles. The normalized spacial score (nSPS) is 12.6. The summed E-state index contributed by atoms with van der Waals surface area (Å²) >= 11 is 3.09. The van der Waals surface area contributed by atoms with Crippen LogP contribution in [0.25, 0.3) is 0 Å². The van der Waals surface area contributed by atoms with Gasteiger partial charge in [-0.3, -0.25) is 0 Å². The first kappa shape index (κ1) is 16.3. The van der Waals surface area contributed by atoms with Gasteiger partial charge in [-0.05, 0) is 54.4 Å². The van der Waals surface area contributed by atoms with Crippen molar-refractivity contribution in [3.63, 3.8) is 0 Å². The lowest BCUT2D eigenvalue weighted by atomic mass is 10.1.